The summed E-state index contributed by atoms with van der Waals surface area (Å²) < 4.78 is 126. The molecule has 0 heterocycles. The Bertz CT molecular complexity index is 1200. The van der Waals surface area contributed by atoms with Crippen molar-refractivity contribution in [3.05, 3.63) is 81.3 Å². The molecule has 3 aromatic rings. The monoisotopic (exact) mass is 876 g/mol. The van der Waals surface area contributed by atoms with Gasteiger partial charge >= 0.3 is 0 Å². The normalized spacial score (nSPS) is 10.7. The van der Waals surface area contributed by atoms with Gasteiger partial charge in [-0.3, -0.25) is 0 Å². The Morgan fingerprint density at radius 1 is 0.514 bits per heavy atom. The summed E-state index contributed by atoms with van der Waals surface area (Å²) in [5.74, 6) is -13.6. The van der Waals surface area contributed by atoms with E-state index in [4.69, 9.17) is 14.6 Å². The highest BCUT2D eigenvalue weighted by atomic mass is 127. The molecule has 0 aromatic heterocycles. The Labute approximate surface area is 244 Å². The fourth-order valence-electron chi connectivity index (χ4n) is 2.44. The minimum Gasteiger partial charge on any atom is -0.507 e. The van der Waals surface area contributed by atoms with Gasteiger partial charge in [0.15, 0.2) is 52.4 Å². The van der Waals surface area contributed by atoms with Gasteiger partial charge in [0.2, 0.25) is 0 Å². The Hall–Kier alpha value is -1.38. The lowest BCUT2D eigenvalue weighted by atomic mass is 10.3. The van der Waals surface area contributed by atoms with Gasteiger partial charge < -0.3 is 14.6 Å². The number of hydrogen-bond donors (Lipinski definition) is 1. The number of rotatable bonds is 7. The van der Waals surface area contributed by atoms with Crippen LogP contribution in [-0.2, 0) is 0 Å². The summed E-state index contributed by atoms with van der Waals surface area (Å²) in [6.45, 7) is 0.125. The molecule has 0 aliphatic rings. The molecule has 37 heavy (non-hydrogen) atoms. The first-order chi connectivity index (χ1) is 17.3. The first-order valence-electron chi connectivity index (χ1n) is 9.71. The van der Waals surface area contributed by atoms with Crippen LogP contribution in [0.5, 0.6) is 17.2 Å². The Balaban J connectivity index is 0.000000364. The largest absolute Gasteiger partial charge is 0.507 e. The Morgan fingerprint density at radius 3 is 1.22 bits per heavy atom. The summed E-state index contributed by atoms with van der Waals surface area (Å²) >= 11 is 4.38. The molecule has 0 spiro atoms. The van der Waals surface area contributed by atoms with E-state index in [1.165, 1.54) is 67.8 Å². The predicted molar refractivity (Wildman–Crippen MR) is 139 cm³/mol. The topological polar surface area (TPSA) is 38.7 Å². The zero-order valence-corrected chi connectivity index (χ0v) is 24.3. The molecule has 0 aliphatic heterocycles. The number of benzene rings is 3. The van der Waals surface area contributed by atoms with Crippen LogP contribution >= 0.6 is 67.8 Å². The molecule has 15 heteroatoms. The van der Waals surface area contributed by atoms with E-state index >= 15 is 0 Å². The molecule has 0 fully saturated rings. The van der Waals surface area contributed by atoms with E-state index in [9.17, 15) is 39.5 Å². The zero-order chi connectivity index (χ0) is 28.0. The molecule has 3 rings (SSSR count). The standard InChI is InChI=1S/C16H10F6I2O2.C6H2F3IO/c17-7-5-9(15(23)13(21)11(7)19)25-3-1-2-4-26-10-6-8(18)12(20)14(22)16(10)24;7-2-1-3(11)6(10)5(9)4(2)8/h5-6H,1-4H2;1,11H. The SMILES string of the molecule is Fc1cc(OCCCCOc2cc(F)c(F)c(F)c2I)c(I)c(F)c1F.Oc1cc(F)c(F)c(F)c1I. The van der Waals surface area contributed by atoms with Crippen LogP contribution in [0.4, 0.5) is 39.5 Å². The number of hydrogen-bond acceptors (Lipinski definition) is 3. The van der Waals surface area contributed by atoms with Crippen LogP contribution in [0.1, 0.15) is 12.8 Å². The third-order valence-electron chi connectivity index (χ3n) is 4.28. The summed E-state index contributed by atoms with van der Waals surface area (Å²) in [6.07, 6.45) is 0.777. The first kappa shape index (κ1) is 31.8. The van der Waals surface area contributed by atoms with Crippen LogP contribution in [-0.4, -0.2) is 18.3 Å². The van der Waals surface area contributed by atoms with Crippen LogP contribution in [0.2, 0.25) is 0 Å². The molecule has 1 N–H and O–H groups in total. The van der Waals surface area contributed by atoms with Gasteiger partial charge in [0, 0.05) is 18.2 Å². The van der Waals surface area contributed by atoms with Crippen molar-refractivity contribution in [2.24, 2.45) is 0 Å². The van der Waals surface area contributed by atoms with E-state index < -0.39 is 58.1 Å². The van der Waals surface area contributed by atoms with Gasteiger partial charge in [-0.2, -0.15) is 0 Å². The minimum absolute atomic E-state index is 0.0626. The van der Waals surface area contributed by atoms with Gasteiger partial charge in [0.05, 0.1) is 23.9 Å². The summed E-state index contributed by atoms with van der Waals surface area (Å²) in [4.78, 5) is 0. The van der Waals surface area contributed by atoms with Crippen LogP contribution < -0.4 is 9.47 Å². The second kappa shape index (κ2) is 14.1. The smallest absolute Gasteiger partial charge is 0.195 e. The predicted octanol–water partition coefficient (Wildman–Crippen LogP) is 8.38. The maximum atomic E-state index is 13.4. The van der Waals surface area contributed by atoms with Crippen LogP contribution in [0, 0.1) is 63.1 Å². The molecule has 0 bridgehead atoms. The van der Waals surface area contributed by atoms with Crippen molar-refractivity contribution < 1.29 is 54.1 Å². The third-order valence-corrected chi connectivity index (χ3v) is 7.31. The van der Waals surface area contributed by atoms with E-state index in [1.54, 1.807) is 0 Å². The highest BCUT2D eigenvalue weighted by Crippen LogP contribution is 2.29. The van der Waals surface area contributed by atoms with Crippen LogP contribution in [0.25, 0.3) is 0 Å². The summed E-state index contributed by atoms with van der Waals surface area (Å²) in [6, 6.07) is 2.03. The van der Waals surface area contributed by atoms with E-state index in [2.05, 4.69) is 0 Å². The molecule has 3 aromatic carbocycles. The number of unbranched alkanes of at least 4 members (excludes halogenated alkanes) is 1. The molecule has 0 unspecified atom stereocenters. The lowest BCUT2D eigenvalue weighted by molar-refractivity contribution is 0.260. The maximum absolute atomic E-state index is 13.4. The third kappa shape index (κ3) is 8.06. The number of aromatic hydroxyl groups is 1. The van der Waals surface area contributed by atoms with Gasteiger partial charge in [-0.15, -0.1) is 0 Å². The van der Waals surface area contributed by atoms with Crippen molar-refractivity contribution in [2.45, 2.75) is 12.8 Å². The van der Waals surface area contributed by atoms with Crippen molar-refractivity contribution >= 4 is 67.8 Å². The highest BCUT2D eigenvalue weighted by molar-refractivity contribution is 14.1. The van der Waals surface area contributed by atoms with Crippen molar-refractivity contribution in [3.8, 4) is 17.2 Å². The second-order valence-corrected chi connectivity index (χ2v) is 10.1. The number of ether oxygens (including phenoxy) is 2. The molecule has 202 valence electrons. The van der Waals surface area contributed by atoms with Gasteiger partial charge in [-0.1, -0.05) is 0 Å². The van der Waals surface area contributed by atoms with Crippen molar-refractivity contribution in [1.29, 1.82) is 0 Å². The molecule has 0 saturated carbocycles. The highest BCUT2D eigenvalue weighted by Gasteiger charge is 2.19. The van der Waals surface area contributed by atoms with E-state index in [1.807, 2.05) is 0 Å². The number of halogens is 12. The van der Waals surface area contributed by atoms with E-state index in [0.29, 0.717) is 18.9 Å². The average Bonchev–Trinajstić information content (AvgIpc) is 2.87. The van der Waals surface area contributed by atoms with Crippen molar-refractivity contribution in [1.82, 2.24) is 0 Å². The molecular weight excluding hydrogens is 864 g/mol. The summed E-state index contributed by atoms with van der Waals surface area (Å²) in [7, 11) is 0. The van der Waals surface area contributed by atoms with Crippen molar-refractivity contribution in [3.63, 3.8) is 0 Å². The van der Waals surface area contributed by atoms with Gasteiger partial charge in [0.1, 0.15) is 17.2 Å². The molecule has 3 nitrogen and oxygen atoms in total. The molecular formula is C22H12F9I3O3. The number of phenols is 1. The first-order valence-corrected chi connectivity index (χ1v) is 12.9. The van der Waals surface area contributed by atoms with Gasteiger partial charge in [-0.05, 0) is 80.6 Å². The Morgan fingerprint density at radius 2 is 0.838 bits per heavy atom. The Kier molecular flexibility index (Phi) is 12.2. The van der Waals surface area contributed by atoms with Crippen LogP contribution in [0.15, 0.2) is 18.2 Å². The average molecular weight is 876 g/mol. The fraction of sp³-hybridized carbons (Fsp3) is 0.182. The summed E-state index contributed by atoms with van der Waals surface area (Å²) in [5.41, 5.74) is 0. The molecule has 0 atom stereocenters. The van der Waals surface area contributed by atoms with E-state index in [0.717, 1.165) is 12.1 Å². The quantitative estimate of drug-likeness (QED) is 0.0854. The lowest BCUT2D eigenvalue weighted by Crippen LogP contribution is -2.07. The number of phenolic OH excluding ortho intramolecular Hbond substituents is 1. The molecule has 0 aliphatic carbocycles. The molecule has 0 saturated heterocycles. The van der Waals surface area contributed by atoms with E-state index in [-0.39, 0.29) is 35.4 Å². The van der Waals surface area contributed by atoms with Gasteiger partial charge in [0.25, 0.3) is 0 Å². The molecule has 0 radical (unpaired) electrons. The molecule has 0 amide bonds. The minimum atomic E-state index is -1.57. The zero-order valence-electron chi connectivity index (χ0n) is 17.9. The lowest BCUT2D eigenvalue weighted by Gasteiger charge is -2.11. The second-order valence-electron chi connectivity index (χ2n) is 6.82. The van der Waals surface area contributed by atoms with Crippen LogP contribution in [0.3, 0.4) is 0 Å². The maximum Gasteiger partial charge on any atom is 0.195 e. The van der Waals surface area contributed by atoms with Crippen molar-refractivity contribution in [2.75, 3.05) is 13.2 Å². The summed E-state index contributed by atoms with van der Waals surface area (Å²) in [5, 5.41) is 8.75. The fourth-order valence-corrected chi connectivity index (χ4v) is 3.93. The van der Waals surface area contributed by atoms with Gasteiger partial charge in [-0.25, -0.2) is 39.5 Å².